The lowest BCUT2D eigenvalue weighted by Gasteiger charge is -2.18. The molecule has 3 N–H and O–H groups in total. The molecule has 0 radical (unpaired) electrons. The van der Waals surface area contributed by atoms with E-state index in [9.17, 15) is 9.59 Å². The Morgan fingerprint density at radius 3 is 3.06 bits per heavy atom. The molecule has 0 saturated carbocycles. The average Bonchev–Trinajstić information content (AvgIpc) is 2.37. The predicted molar refractivity (Wildman–Crippen MR) is 64.3 cm³/mol. The van der Waals surface area contributed by atoms with Gasteiger partial charge in [0, 0.05) is 17.8 Å². The molecular formula is C12H14N2O4. The maximum absolute atomic E-state index is 11.7. The van der Waals surface area contributed by atoms with Crippen molar-refractivity contribution in [2.24, 2.45) is 0 Å². The molecule has 0 fully saturated rings. The van der Waals surface area contributed by atoms with Gasteiger partial charge in [-0.05, 0) is 36.6 Å². The highest BCUT2D eigenvalue weighted by Crippen LogP contribution is 2.22. The monoisotopic (exact) mass is 250 g/mol. The van der Waals surface area contributed by atoms with Gasteiger partial charge in [0.05, 0.1) is 0 Å². The van der Waals surface area contributed by atoms with Crippen LogP contribution in [0.5, 0.6) is 0 Å². The SMILES string of the molecule is O=C(O)CONC(=O)c1ccc2c(c1)CCCN2. The van der Waals surface area contributed by atoms with E-state index in [0.717, 1.165) is 30.6 Å². The van der Waals surface area contributed by atoms with Gasteiger partial charge in [0.15, 0.2) is 6.61 Å². The maximum atomic E-state index is 11.7. The fourth-order valence-electron chi connectivity index (χ4n) is 1.84. The number of aliphatic carboxylic acids is 1. The molecule has 1 aliphatic rings. The standard InChI is InChI=1S/C12H14N2O4/c15-11(16)7-18-14-12(17)9-3-4-10-8(6-9)2-1-5-13-10/h3-4,6,13H,1-2,5,7H2,(H,14,17)(H,15,16). The van der Waals surface area contributed by atoms with Crippen molar-refractivity contribution < 1.29 is 19.5 Å². The van der Waals surface area contributed by atoms with E-state index in [4.69, 9.17) is 5.11 Å². The fraction of sp³-hybridized carbons (Fsp3) is 0.333. The molecular weight excluding hydrogens is 236 g/mol. The summed E-state index contributed by atoms with van der Waals surface area (Å²) in [4.78, 5) is 26.4. The number of hydrogen-bond donors (Lipinski definition) is 3. The third-order valence-corrected chi connectivity index (χ3v) is 2.67. The summed E-state index contributed by atoms with van der Waals surface area (Å²) in [5.41, 5.74) is 4.69. The number of anilines is 1. The molecule has 6 nitrogen and oxygen atoms in total. The van der Waals surface area contributed by atoms with Crippen LogP contribution in [0, 0.1) is 0 Å². The normalized spacial score (nSPS) is 13.3. The van der Waals surface area contributed by atoms with Gasteiger partial charge < -0.3 is 10.4 Å². The lowest BCUT2D eigenvalue weighted by molar-refractivity contribution is -0.144. The minimum atomic E-state index is -1.13. The second-order valence-electron chi connectivity index (χ2n) is 4.02. The van der Waals surface area contributed by atoms with E-state index >= 15 is 0 Å². The van der Waals surface area contributed by atoms with Crippen LogP contribution in [-0.2, 0) is 16.1 Å². The fourth-order valence-corrected chi connectivity index (χ4v) is 1.84. The summed E-state index contributed by atoms with van der Waals surface area (Å²) in [5.74, 6) is -1.57. The van der Waals surface area contributed by atoms with Crippen molar-refractivity contribution >= 4 is 17.6 Å². The first-order valence-electron chi connectivity index (χ1n) is 5.67. The lowest BCUT2D eigenvalue weighted by Crippen LogP contribution is -2.27. The van der Waals surface area contributed by atoms with Crippen molar-refractivity contribution in [1.82, 2.24) is 5.48 Å². The molecule has 18 heavy (non-hydrogen) atoms. The van der Waals surface area contributed by atoms with E-state index < -0.39 is 18.5 Å². The van der Waals surface area contributed by atoms with Crippen LogP contribution >= 0.6 is 0 Å². The van der Waals surface area contributed by atoms with E-state index in [-0.39, 0.29) is 0 Å². The Hall–Kier alpha value is -2.08. The third kappa shape index (κ3) is 2.98. The van der Waals surface area contributed by atoms with Gasteiger partial charge in [-0.25, -0.2) is 10.3 Å². The quantitative estimate of drug-likeness (QED) is 0.688. The minimum absolute atomic E-state index is 0.440. The number of hydrogen-bond acceptors (Lipinski definition) is 4. The molecule has 6 heteroatoms. The number of nitrogens with one attached hydrogen (secondary N) is 2. The van der Waals surface area contributed by atoms with Crippen LogP contribution in [0.25, 0.3) is 0 Å². The van der Waals surface area contributed by atoms with Crippen LogP contribution in [0.3, 0.4) is 0 Å². The number of rotatable bonds is 4. The number of carboxylic acid groups (broad SMARTS) is 1. The Balaban J connectivity index is 2.00. The molecule has 1 heterocycles. The zero-order valence-electron chi connectivity index (χ0n) is 9.73. The molecule has 0 aliphatic carbocycles. The molecule has 1 aromatic carbocycles. The summed E-state index contributed by atoms with van der Waals surface area (Å²) in [6.07, 6.45) is 1.97. The van der Waals surface area contributed by atoms with Crippen molar-refractivity contribution in [3.05, 3.63) is 29.3 Å². The van der Waals surface area contributed by atoms with Crippen LogP contribution in [-0.4, -0.2) is 30.1 Å². The van der Waals surface area contributed by atoms with Gasteiger partial charge in [0.25, 0.3) is 5.91 Å². The van der Waals surface area contributed by atoms with E-state index in [1.807, 2.05) is 6.07 Å². The first kappa shape index (κ1) is 12.4. The van der Waals surface area contributed by atoms with Crippen LogP contribution in [0.2, 0.25) is 0 Å². The number of aryl methyl sites for hydroxylation is 1. The molecule has 0 aromatic heterocycles. The molecule has 0 unspecified atom stereocenters. The van der Waals surface area contributed by atoms with Gasteiger partial charge >= 0.3 is 5.97 Å². The Morgan fingerprint density at radius 2 is 2.28 bits per heavy atom. The zero-order valence-corrected chi connectivity index (χ0v) is 9.73. The largest absolute Gasteiger partial charge is 0.479 e. The summed E-state index contributed by atoms with van der Waals surface area (Å²) >= 11 is 0. The van der Waals surface area contributed by atoms with E-state index in [2.05, 4.69) is 15.6 Å². The topological polar surface area (TPSA) is 87.7 Å². The second-order valence-corrected chi connectivity index (χ2v) is 4.02. The molecule has 1 amide bonds. The van der Waals surface area contributed by atoms with Crippen molar-refractivity contribution in [3.63, 3.8) is 0 Å². The summed E-state index contributed by atoms with van der Waals surface area (Å²) < 4.78 is 0. The molecule has 2 rings (SSSR count). The molecule has 1 aromatic rings. The van der Waals surface area contributed by atoms with Gasteiger partial charge in [0.2, 0.25) is 0 Å². The summed E-state index contributed by atoms with van der Waals surface area (Å²) in [5, 5.41) is 11.6. The smallest absolute Gasteiger partial charge is 0.332 e. The first-order valence-corrected chi connectivity index (χ1v) is 5.67. The van der Waals surface area contributed by atoms with E-state index in [0.29, 0.717) is 5.56 Å². The van der Waals surface area contributed by atoms with Gasteiger partial charge in [-0.1, -0.05) is 0 Å². The Bertz CT molecular complexity index is 473. The number of hydroxylamine groups is 1. The van der Waals surface area contributed by atoms with E-state index in [1.165, 1.54) is 0 Å². The van der Waals surface area contributed by atoms with Gasteiger partial charge in [-0.15, -0.1) is 0 Å². The number of carbonyl (C=O) groups is 2. The summed E-state index contributed by atoms with van der Waals surface area (Å²) in [6, 6.07) is 5.32. The summed E-state index contributed by atoms with van der Waals surface area (Å²) in [6.45, 7) is 0.387. The van der Waals surface area contributed by atoms with Gasteiger partial charge in [-0.3, -0.25) is 9.63 Å². The zero-order chi connectivity index (χ0) is 13.0. The van der Waals surface area contributed by atoms with Gasteiger partial charge in [0.1, 0.15) is 0 Å². The Morgan fingerprint density at radius 1 is 1.44 bits per heavy atom. The first-order chi connectivity index (χ1) is 8.66. The highest BCUT2D eigenvalue weighted by molar-refractivity contribution is 5.94. The van der Waals surface area contributed by atoms with Crippen molar-refractivity contribution in [2.75, 3.05) is 18.5 Å². The van der Waals surface area contributed by atoms with E-state index in [1.54, 1.807) is 12.1 Å². The minimum Gasteiger partial charge on any atom is -0.479 e. The Labute approximate surface area is 104 Å². The van der Waals surface area contributed by atoms with Crippen LogP contribution in [0.1, 0.15) is 22.3 Å². The van der Waals surface area contributed by atoms with Crippen molar-refractivity contribution in [1.29, 1.82) is 0 Å². The molecule has 96 valence electrons. The van der Waals surface area contributed by atoms with Crippen molar-refractivity contribution in [2.45, 2.75) is 12.8 Å². The highest BCUT2D eigenvalue weighted by Gasteiger charge is 2.12. The van der Waals surface area contributed by atoms with Crippen LogP contribution < -0.4 is 10.8 Å². The van der Waals surface area contributed by atoms with Crippen LogP contribution in [0.15, 0.2) is 18.2 Å². The van der Waals surface area contributed by atoms with Gasteiger partial charge in [-0.2, -0.15) is 0 Å². The number of benzene rings is 1. The second kappa shape index (κ2) is 5.50. The number of amides is 1. The molecule has 0 spiro atoms. The molecule has 0 bridgehead atoms. The number of carbonyl (C=O) groups excluding carboxylic acids is 1. The highest BCUT2D eigenvalue weighted by atomic mass is 16.7. The van der Waals surface area contributed by atoms with Crippen LogP contribution in [0.4, 0.5) is 5.69 Å². The summed E-state index contributed by atoms with van der Waals surface area (Å²) in [7, 11) is 0. The lowest BCUT2D eigenvalue weighted by atomic mass is 10.0. The third-order valence-electron chi connectivity index (χ3n) is 2.67. The maximum Gasteiger partial charge on any atom is 0.332 e. The Kier molecular flexibility index (Phi) is 3.78. The number of carboxylic acids is 1. The molecule has 1 aliphatic heterocycles. The molecule has 0 saturated heterocycles. The number of fused-ring (bicyclic) bond motifs is 1. The average molecular weight is 250 g/mol. The predicted octanol–water partition coefficient (Wildman–Crippen LogP) is 0.791. The molecule has 0 atom stereocenters. The van der Waals surface area contributed by atoms with Crippen molar-refractivity contribution in [3.8, 4) is 0 Å².